The smallest absolute Gasteiger partial charge is 0.326 e. The maximum Gasteiger partial charge on any atom is 0.326 e. The van der Waals surface area contributed by atoms with Crippen LogP contribution in [0.15, 0.2) is 60.4 Å². The fraction of sp³-hybridized carbons (Fsp3) is 0.136. The van der Waals surface area contributed by atoms with Crippen molar-refractivity contribution in [3.05, 3.63) is 77.4 Å². The Morgan fingerprint density at radius 1 is 1.13 bits per heavy atom. The van der Waals surface area contributed by atoms with Gasteiger partial charge in [0.2, 0.25) is 5.91 Å². The van der Waals surface area contributed by atoms with E-state index in [1.54, 1.807) is 6.20 Å². The zero-order chi connectivity index (χ0) is 21.7. The number of aromatic nitrogens is 1. The highest BCUT2D eigenvalue weighted by Gasteiger charge is 2.24. The summed E-state index contributed by atoms with van der Waals surface area (Å²) in [5.74, 6) is -2.91. The molecule has 7 nitrogen and oxygen atoms in total. The Bertz CT molecular complexity index is 1120. The minimum Gasteiger partial charge on any atom is -0.480 e. The SMILES string of the molecule is CC(=O)N/C(=C\c1ccc(F)cc1)C(=O)N[C@H](Cc1c[nH]c2ccccc12)C(=O)O. The predicted octanol–water partition coefficient (Wildman–Crippen LogP) is 2.60. The molecule has 3 rings (SSSR count). The van der Waals surface area contributed by atoms with Crippen molar-refractivity contribution in [2.75, 3.05) is 0 Å². The first-order chi connectivity index (χ1) is 14.3. The van der Waals surface area contributed by atoms with Crippen LogP contribution in [-0.4, -0.2) is 33.9 Å². The lowest BCUT2D eigenvalue weighted by atomic mass is 10.0. The Balaban J connectivity index is 1.83. The number of amides is 2. The van der Waals surface area contributed by atoms with Crippen molar-refractivity contribution < 1.29 is 23.9 Å². The van der Waals surface area contributed by atoms with Gasteiger partial charge < -0.3 is 20.7 Å². The average Bonchev–Trinajstić information content (AvgIpc) is 3.11. The van der Waals surface area contributed by atoms with Crippen LogP contribution in [-0.2, 0) is 20.8 Å². The highest BCUT2D eigenvalue weighted by molar-refractivity contribution is 6.02. The predicted molar refractivity (Wildman–Crippen MR) is 110 cm³/mol. The number of benzene rings is 2. The Morgan fingerprint density at radius 3 is 2.50 bits per heavy atom. The normalized spacial score (nSPS) is 12.4. The number of carboxylic acids is 1. The second kappa shape index (κ2) is 9.04. The number of aromatic amines is 1. The lowest BCUT2D eigenvalue weighted by Crippen LogP contribution is -2.45. The summed E-state index contributed by atoms with van der Waals surface area (Å²) in [5, 5.41) is 15.3. The van der Waals surface area contributed by atoms with E-state index in [0.717, 1.165) is 16.5 Å². The highest BCUT2D eigenvalue weighted by atomic mass is 19.1. The van der Waals surface area contributed by atoms with E-state index < -0.39 is 29.6 Å². The number of rotatable bonds is 7. The van der Waals surface area contributed by atoms with Gasteiger partial charge in [0.15, 0.2) is 0 Å². The first-order valence-electron chi connectivity index (χ1n) is 9.17. The molecule has 0 aliphatic carbocycles. The Labute approximate surface area is 171 Å². The number of carbonyl (C=O) groups is 3. The topological polar surface area (TPSA) is 111 Å². The molecular weight excluding hydrogens is 389 g/mol. The van der Waals surface area contributed by atoms with E-state index >= 15 is 0 Å². The first-order valence-corrected chi connectivity index (χ1v) is 9.17. The number of para-hydroxylation sites is 1. The van der Waals surface area contributed by atoms with Gasteiger partial charge in [-0.25, -0.2) is 9.18 Å². The molecule has 0 aliphatic rings. The number of nitrogens with one attached hydrogen (secondary N) is 3. The molecule has 8 heteroatoms. The molecule has 1 heterocycles. The maximum atomic E-state index is 13.1. The lowest BCUT2D eigenvalue weighted by molar-refractivity contribution is -0.141. The molecule has 0 unspecified atom stereocenters. The molecule has 0 radical (unpaired) electrons. The molecule has 0 fully saturated rings. The van der Waals surface area contributed by atoms with Crippen LogP contribution >= 0.6 is 0 Å². The molecule has 0 bridgehead atoms. The molecule has 1 atom stereocenters. The fourth-order valence-electron chi connectivity index (χ4n) is 3.03. The Kier molecular flexibility index (Phi) is 6.26. The van der Waals surface area contributed by atoms with Gasteiger partial charge in [-0.1, -0.05) is 30.3 Å². The third-order valence-electron chi connectivity index (χ3n) is 4.44. The number of carbonyl (C=O) groups excluding carboxylic acids is 2. The number of halogens is 1. The van der Waals surface area contributed by atoms with Crippen LogP contribution in [0.4, 0.5) is 4.39 Å². The summed E-state index contributed by atoms with van der Waals surface area (Å²) in [5.41, 5.74) is 1.93. The van der Waals surface area contributed by atoms with Crippen molar-refractivity contribution in [1.29, 1.82) is 0 Å². The number of H-pyrrole nitrogens is 1. The summed E-state index contributed by atoms with van der Waals surface area (Å²) in [7, 11) is 0. The lowest BCUT2D eigenvalue weighted by Gasteiger charge is -2.16. The number of carboxylic acid groups (broad SMARTS) is 1. The zero-order valence-corrected chi connectivity index (χ0v) is 16.1. The van der Waals surface area contributed by atoms with Crippen LogP contribution in [0.1, 0.15) is 18.1 Å². The second-order valence-corrected chi connectivity index (χ2v) is 6.72. The van der Waals surface area contributed by atoms with E-state index in [2.05, 4.69) is 15.6 Å². The van der Waals surface area contributed by atoms with E-state index in [1.807, 2.05) is 24.3 Å². The highest BCUT2D eigenvalue weighted by Crippen LogP contribution is 2.19. The third-order valence-corrected chi connectivity index (χ3v) is 4.44. The summed E-state index contributed by atoms with van der Waals surface area (Å²) in [6.45, 7) is 1.23. The molecule has 2 amide bonds. The summed E-state index contributed by atoms with van der Waals surface area (Å²) >= 11 is 0. The standard InChI is InChI=1S/C22H20FN3O4/c1-13(27)25-19(10-14-6-8-16(23)9-7-14)21(28)26-20(22(29)30)11-15-12-24-18-5-3-2-4-17(15)18/h2-10,12,20,24H,11H2,1H3,(H,25,27)(H,26,28)(H,29,30)/b19-10-/t20-/m1/s1. The van der Waals surface area contributed by atoms with Gasteiger partial charge in [0, 0.05) is 30.4 Å². The number of fused-ring (bicyclic) bond motifs is 1. The number of hydrogen-bond acceptors (Lipinski definition) is 3. The van der Waals surface area contributed by atoms with Crippen molar-refractivity contribution >= 4 is 34.8 Å². The third kappa shape index (κ3) is 5.11. The average molecular weight is 409 g/mol. The fourth-order valence-corrected chi connectivity index (χ4v) is 3.03. The Morgan fingerprint density at radius 2 is 1.83 bits per heavy atom. The quantitative estimate of drug-likeness (QED) is 0.450. The van der Waals surface area contributed by atoms with E-state index in [-0.39, 0.29) is 12.1 Å². The van der Waals surface area contributed by atoms with Gasteiger partial charge in [-0.3, -0.25) is 9.59 Å². The first kappa shape index (κ1) is 20.8. The molecule has 3 aromatic rings. The molecule has 0 aliphatic heterocycles. The minimum atomic E-state index is -1.22. The van der Waals surface area contributed by atoms with Crippen molar-refractivity contribution in [1.82, 2.24) is 15.6 Å². The van der Waals surface area contributed by atoms with E-state index in [4.69, 9.17) is 0 Å². The van der Waals surface area contributed by atoms with Crippen molar-refractivity contribution in [3.8, 4) is 0 Å². The minimum absolute atomic E-state index is 0.0506. The maximum absolute atomic E-state index is 13.1. The van der Waals surface area contributed by atoms with Crippen molar-refractivity contribution in [2.24, 2.45) is 0 Å². The Hall–Kier alpha value is -3.94. The van der Waals surface area contributed by atoms with E-state index in [9.17, 15) is 23.9 Å². The van der Waals surface area contributed by atoms with Gasteiger partial charge in [0.1, 0.15) is 17.6 Å². The molecule has 4 N–H and O–H groups in total. The van der Waals surface area contributed by atoms with E-state index in [0.29, 0.717) is 5.56 Å². The molecule has 1 aromatic heterocycles. The van der Waals surface area contributed by atoms with Crippen LogP contribution in [0.2, 0.25) is 0 Å². The van der Waals surface area contributed by atoms with Crippen LogP contribution in [0.5, 0.6) is 0 Å². The molecule has 2 aromatic carbocycles. The summed E-state index contributed by atoms with van der Waals surface area (Å²) < 4.78 is 13.1. The van der Waals surface area contributed by atoms with Gasteiger partial charge in [0.25, 0.3) is 5.91 Å². The van der Waals surface area contributed by atoms with Crippen LogP contribution in [0.25, 0.3) is 17.0 Å². The summed E-state index contributed by atoms with van der Waals surface area (Å²) in [6.07, 6.45) is 3.10. The van der Waals surface area contributed by atoms with Gasteiger partial charge in [-0.15, -0.1) is 0 Å². The molecule has 30 heavy (non-hydrogen) atoms. The zero-order valence-electron chi connectivity index (χ0n) is 16.1. The summed E-state index contributed by atoms with van der Waals surface area (Å²) in [4.78, 5) is 39.1. The number of hydrogen-bond donors (Lipinski definition) is 4. The van der Waals surface area contributed by atoms with Crippen LogP contribution in [0, 0.1) is 5.82 Å². The molecule has 0 saturated carbocycles. The van der Waals surface area contributed by atoms with Gasteiger partial charge in [0.05, 0.1) is 0 Å². The van der Waals surface area contributed by atoms with Crippen LogP contribution < -0.4 is 10.6 Å². The van der Waals surface area contributed by atoms with Crippen LogP contribution in [0.3, 0.4) is 0 Å². The second-order valence-electron chi connectivity index (χ2n) is 6.72. The molecule has 0 saturated heterocycles. The molecule has 0 spiro atoms. The van der Waals surface area contributed by atoms with Crippen molar-refractivity contribution in [2.45, 2.75) is 19.4 Å². The summed E-state index contributed by atoms with van der Waals surface area (Å²) in [6, 6.07) is 11.5. The monoisotopic (exact) mass is 409 g/mol. The molecule has 154 valence electrons. The largest absolute Gasteiger partial charge is 0.480 e. The van der Waals surface area contributed by atoms with E-state index in [1.165, 1.54) is 37.3 Å². The van der Waals surface area contributed by atoms with Gasteiger partial charge >= 0.3 is 5.97 Å². The van der Waals surface area contributed by atoms with Gasteiger partial charge in [-0.05, 0) is 35.4 Å². The number of aliphatic carboxylic acids is 1. The van der Waals surface area contributed by atoms with Crippen molar-refractivity contribution in [3.63, 3.8) is 0 Å². The van der Waals surface area contributed by atoms with Gasteiger partial charge in [-0.2, -0.15) is 0 Å². The molecular formula is C22H20FN3O4.